The minimum Gasteiger partial charge on any atom is -0.383 e. The van der Waals surface area contributed by atoms with Gasteiger partial charge in [-0.25, -0.2) is 0 Å². The van der Waals surface area contributed by atoms with Gasteiger partial charge in [-0.05, 0) is 37.2 Å². The van der Waals surface area contributed by atoms with Crippen molar-refractivity contribution in [3.8, 4) is 0 Å². The lowest BCUT2D eigenvalue weighted by atomic mass is 9.99. The fraction of sp³-hybridized carbons (Fsp3) is 0.700. The van der Waals surface area contributed by atoms with E-state index in [0.717, 1.165) is 24.6 Å². The Morgan fingerprint density at radius 3 is 2.57 bits per heavy atom. The van der Waals surface area contributed by atoms with Crippen molar-refractivity contribution in [3.63, 3.8) is 0 Å². The van der Waals surface area contributed by atoms with Crippen LogP contribution in [0.25, 0.3) is 0 Å². The summed E-state index contributed by atoms with van der Waals surface area (Å²) in [4.78, 5) is 2.42. The van der Waals surface area contributed by atoms with Crippen molar-refractivity contribution >= 4 is 22.4 Å². The summed E-state index contributed by atoms with van der Waals surface area (Å²) in [6, 6.07) is 0. The summed E-state index contributed by atoms with van der Waals surface area (Å²) in [6.07, 6.45) is 2.58. The number of nitrogens with zero attached hydrogens (tertiary/aromatic N) is 2. The van der Waals surface area contributed by atoms with Crippen LogP contribution in [-0.2, 0) is 0 Å². The smallest absolute Gasteiger partial charge is 0.142 e. The molecule has 1 aromatic heterocycles. The molecule has 2 heterocycles. The lowest BCUT2D eigenvalue weighted by Crippen LogP contribution is -2.32. The summed E-state index contributed by atoms with van der Waals surface area (Å²) in [6.45, 7) is 6.70. The van der Waals surface area contributed by atoms with E-state index < -0.39 is 0 Å². The van der Waals surface area contributed by atoms with Crippen LogP contribution in [0.15, 0.2) is 0 Å². The fourth-order valence-corrected chi connectivity index (χ4v) is 2.71. The average molecular weight is 211 g/mol. The summed E-state index contributed by atoms with van der Waals surface area (Å²) < 4.78 is 4.19. The molecule has 0 radical (unpaired) electrons. The molecular weight excluding hydrogens is 194 g/mol. The van der Waals surface area contributed by atoms with Gasteiger partial charge in [0.2, 0.25) is 0 Å². The van der Waals surface area contributed by atoms with Gasteiger partial charge in [0.05, 0.1) is 0 Å². The van der Waals surface area contributed by atoms with Crippen LogP contribution in [0.4, 0.5) is 10.8 Å². The van der Waals surface area contributed by atoms with Crippen LogP contribution >= 0.6 is 11.5 Å². The second-order valence-electron chi connectivity index (χ2n) is 4.17. The van der Waals surface area contributed by atoms with E-state index in [1.807, 2.05) is 0 Å². The van der Waals surface area contributed by atoms with E-state index in [4.69, 9.17) is 5.73 Å². The molecule has 1 aliphatic rings. The van der Waals surface area contributed by atoms with Crippen molar-refractivity contribution in [2.75, 3.05) is 23.7 Å². The van der Waals surface area contributed by atoms with Gasteiger partial charge in [0, 0.05) is 18.7 Å². The molecule has 2 N–H and O–H groups in total. The molecule has 0 aromatic carbocycles. The fourth-order valence-electron chi connectivity index (χ4n) is 1.85. The normalized spacial score (nSPS) is 18.9. The molecule has 0 bridgehead atoms. The molecule has 1 aromatic rings. The molecule has 2 rings (SSSR count). The SMILES string of the molecule is Cc1c(N)nsc1N1CCC(C)CC1. The Morgan fingerprint density at radius 1 is 1.43 bits per heavy atom. The molecule has 1 fully saturated rings. The maximum Gasteiger partial charge on any atom is 0.142 e. The number of aromatic nitrogens is 1. The molecule has 4 heteroatoms. The molecule has 0 unspecified atom stereocenters. The highest BCUT2D eigenvalue weighted by molar-refractivity contribution is 7.10. The number of hydrogen-bond donors (Lipinski definition) is 1. The van der Waals surface area contributed by atoms with Gasteiger partial charge in [0.25, 0.3) is 0 Å². The monoisotopic (exact) mass is 211 g/mol. The minimum atomic E-state index is 0.698. The number of anilines is 2. The molecule has 1 saturated heterocycles. The predicted molar refractivity (Wildman–Crippen MR) is 61.9 cm³/mol. The number of nitrogen functional groups attached to an aromatic ring is 1. The van der Waals surface area contributed by atoms with E-state index in [2.05, 4.69) is 23.1 Å². The molecule has 14 heavy (non-hydrogen) atoms. The van der Waals surface area contributed by atoms with Crippen molar-refractivity contribution in [1.29, 1.82) is 0 Å². The van der Waals surface area contributed by atoms with Crippen LogP contribution in [0.3, 0.4) is 0 Å². The third kappa shape index (κ3) is 1.71. The molecule has 0 aliphatic carbocycles. The number of hydrogen-bond acceptors (Lipinski definition) is 4. The minimum absolute atomic E-state index is 0.698. The van der Waals surface area contributed by atoms with Crippen LogP contribution in [0.2, 0.25) is 0 Å². The number of piperidine rings is 1. The Kier molecular flexibility index (Phi) is 2.63. The second-order valence-corrected chi connectivity index (χ2v) is 4.92. The van der Waals surface area contributed by atoms with Gasteiger partial charge in [-0.15, -0.1) is 0 Å². The topological polar surface area (TPSA) is 42.1 Å². The standard InChI is InChI=1S/C10H17N3S/c1-7-3-5-13(6-4-7)10-8(2)9(11)12-14-10/h7H,3-6H2,1-2H3,(H2,11,12). The van der Waals surface area contributed by atoms with Crippen LogP contribution < -0.4 is 10.6 Å². The van der Waals surface area contributed by atoms with Crippen LogP contribution in [0, 0.1) is 12.8 Å². The molecule has 0 atom stereocenters. The number of rotatable bonds is 1. The highest BCUT2D eigenvalue weighted by atomic mass is 32.1. The van der Waals surface area contributed by atoms with Crippen LogP contribution in [-0.4, -0.2) is 17.5 Å². The third-order valence-corrected chi connectivity index (χ3v) is 4.03. The summed E-state index contributed by atoms with van der Waals surface area (Å²) in [7, 11) is 0. The van der Waals surface area contributed by atoms with Gasteiger partial charge in [0.1, 0.15) is 10.8 Å². The molecular formula is C10H17N3S. The third-order valence-electron chi connectivity index (χ3n) is 3.01. The largest absolute Gasteiger partial charge is 0.383 e. The first-order valence-corrected chi connectivity index (χ1v) is 5.92. The van der Waals surface area contributed by atoms with Crippen molar-refractivity contribution in [2.45, 2.75) is 26.7 Å². The lowest BCUT2D eigenvalue weighted by Gasteiger charge is -2.31. The Morgan fingerprint density at radius 2 is 2.07 bits per heavy atom. The van der Waals surface area contributed by atoms with Crippen LogP contribution in [0.1, 0.15) is 25.3 Å². The van der Waals surface area contributed by atoms with Gasteiger partial charge < -0.3 is 10.6 Å². The Labute approximate surface area is 89.1 Å². The van der Waals surface area contributed by atoms with Gasteiger partial charge in [-0.3, -0.25) is 0 Å². The first kappa shape index (κ1) is 9.77. The number of nitrogens with two attached hydrogens (primary N) is 1. The van der Waals surface area contributed by atoms with Crippen molar-refractivity contribution in [3.05, 3.63) is 5.56 Å². The molecule has 0 amide bonds. The Balaban J connectivity index is 2.12. The van der Waals surface area contributed by atoms with E-state index in [1.54, 1.807) is 0 Å². The maximum atomic E-state index is 5.75. The molecule has 3 nitrogen and oxygen atoms in total. The maximum absolute atomic E-state index is 5.75. The summed E-state index contributed by atoms with van der Waals surface area (Å²) in [5.74, 6) is 1.57. The predicted octanol–water partition coefficient (Wildman–Crippen LogP) is 2.27. The van der Waals surface area contributed by atoms with E-state index in [9.17, 15) is 0 Å². The Bertz CT molecular complexity index is 313. The quantitative estimate of drug-likeness (QED) is 0.775. The van der Waals surface area contributed by atoms with Gasteiger partial charge in [0.15, 0.2) is 0 Å². The first-order valence-electron chi connectivity index (χ1n) is 5.15. The van der Waals surface area contributed by atoms with Crippen LogP contribution in [0.5, 0.6) is 0 Å². The highest BCUT2D eigenvalue weighted by Gasteiger charge is 2.19. The summed E-state index contributed by atoms with van der Waals surface area (Å²) in [5.41, 5.74) is 6.90. The molecule has 0 spiro atoms. The highest BCUT2D eigenvalue weighted by Crippen LogP contribution is 2.32. The zero-order chi connectivity index (χ0) is 10.1. The zero-order valence-electron chi connectivity index (χ0n) is 8.79. The van der Waals surface area contributed by atoms with Gasteiger partial charge in [-0.1, -0.05) is 6.92 Å². The van der Waals surface area contributed by atoms with Crippen molar-refractivity contribution in [1.82, 2.24) is 4.37 Å². The molecule has 0 saturated carbocycles. The van der Waals surface area contributed by atoms with E-state index in [0.29, 0.717) is 5.82 Å². The molecule has 1 aliphatic heterocycles. The van der Waals surface area contributed by atoms with Gasteiger partial charge >= 0.3 is 0 Å². The van der Waals surface area contributed by atoms with Crippen molar-refractivity contribution < 1.29 is 0 Å². The second kappa shape index (κ2) is 3.77. The average Bonchev–Trinajstić information content (AvgIpc) is 2.50. The Hall–Kier alpha value is -0.770. The van der Waals surface area contributed by atoms with Gasteiger partial charge in [-0.2, -0.15) is 4.37 Å². The first-order chi connectivity index (χ1) is 6.68. The molecule has 78 valence electrons. The van der Waals surface area contributed by atoms with E-state index >= 15 is 0 Å². The van der Waals surface area contributed by atoms with E-state index in [-0.39, 0.29) is 0 Å². The zero-order valence-corrected chi connectivity index (χ0v) is 9.60. The van der Waals surface area contributed by atoms with Crippen molar-refractivity contribution in [2.24, 2.45) is 5.92 Å². The summed E-state index contributed by atoms with van der Waals surface area (Å²) >= 11 is 1.53. The lowest BCUT2D eigenvalue weighted by molar-refractivity contribution is 0.439. The van der Waals surface area contributed by atoms with E-state index in [1.165, 1.54) is 29.4 Å². The summed E-state index contributed by atoms with van der Waals surface area (Å²) in [5, 5.41) is 1.27.